The third kappa shape index (κ3) is 4.14. The number of rotatable bonds is 8. The van der Waals surface area contributed by atoms with Gasteiger partial charge in [0.05, 0.1) is 0 Å². The van der Waals surface area contributed by atoms with Crippen molar-refractivity contribution in [3.05, 3.63) is 22.7 Å². The Kier molecular flexibility index (Phi) is 6.43. The zero-order valence-electron chi connectivity index (χ0n) is 11.3. The van der Waals surface area contributed by atoms with Crippen LogP contribution in [0.15, 0.2) is 17.2 Å². The molecule has 1 aromatic rings. The monoisotopic (exact) mass is 253 g/mol. The van der Waals surface area contributed by atoms with Gasteiger partial charge in [0.25, 0.3) is 5.56 Å². The van der Waals surface area contributed by atoms with Crippen molar-refractivity contribution in [1.82, 2.24) is 9.55 Å². The van der Waals surface area contributed by atoms with E-state index in [0.29, 0.717) is 5.82 Å². The molecule has 1 N–H and O–H groups in total. The maximum absolute atomic E-state index is 12.1. The van der Waals surface area contributed by atoms with Crippen molar-refractivity contribution in [1.29, 1.82) is 0 Å². The first-order valence-corrected chi connectivity index (χ1v) is 6.58. The van der Waals surface area contributed by atoms with Crippen LogP contribution in [0, 0.1) is 0 Å². The van der Waals surface area contributed by atoms with E-state index in [2.05, 4.69) is 4.98 Å². The first kappa shape index (κ1) is 14.7. The molecule has 0 saturated heterocycles. The van der Waals surface area contributed by atoms with Crippen LogP contribution in [-0.2, 0) is 6.54 Å². The summed E-state index contributed by atoms with van der Waals surface area (Å²) in [5.41, 5.74) is -0.0241. The van der Waals surface area contributed by atoms with Crippen molar-refractivity contribution >= 4 is 5.82 Å². The lowest BCUT2D eigenvalue weighted by atomic mass is 10.2. The Morgan fingerprint density at radius 1 is 1.39 bits per heavy atom. The van der Waals surface area contributed by atoms with E-state index in [1.807, 2.05) is 18.9 Å². The van der Waals surface area contributed by atoms with Crippen molar-refractivity contribution in [3.63, 3.8) is 0 Å². The molecule has 0 saturated carbocycles. The summed E-state index contributed by atoms with van der Waals surface area (Å²) >= 11 is 0. The number of aryl methyl sites for hydroxylation is 1. The Balaban J connectivity index is 2.64. The molecule has 1 aromatic heterocycles. The summed E-state index contributed by atoms with van der Waals surface area (Å²) in [6.07, 6.45) is 7.09. The molecular formula is C13H23N3O2. The molecule has 5 nitrogen and oxygen atoms in total. The van der Waals surface area contributed by atoms with Crippen molar-refractivity contribution < 1.29 is 5.11 Å². The number of hydrogen-bond acceptors (Lipinski definition) is 4. The highest BCUT2D eigenvalue weighted by Gasteiger charge is 2.08. The second-order valence-corrected chi connectivity index (χ2v) is 4.46. The molecular weight excluding hydrogens is 230 g/mol. The summed E-state index contributed by atoms with van der Waals surface area (Å²) in [5, 5.41) is 8.71. The summed E-state index contributed by atoms with van der Waals surface area (Å²) in [5.74, 6) is 0.509. The molecule has 0 bridgehead atoms. The van der Waals surface area contributed by atoms with Crippen LogP contribution in [-0.4, -0.2) is 34.9 Å². The van der Waals surface area contributed by atoms with Gasteiger partial charge in [-0.2, -0.15) is 0 Å². The maximum atomic E-state index is 12.1. The van der Waals surface area contributed by atoms with E-state index in [1.165, 1.54) is 0 Å². The predicted octanol–water partition coefficient (Wildman–Crippen LogP) is 1.25. The molecule has 0 aliphatic carbocycles. The second-order valence-electron chi connectivity index (χ2n) is 4.46. The van der Waals surface area contributed by atoms with Gasteiger partial charge in [0.2, 0.25) is 0 Å². The zero-order chi connectivity index (χ0) is 13.4. The SMILES string of the molecule is CCCn1ccnc(N(C)CCCCCO)c1=O. The molecule has 0 fully saturated rings. The quantitative estimate of drug-likeness (QED) is 0.708. The van der Waals surface area contributed by atoms with Crippen LogP contribution in [0.5, 0.6) is 0 Å². The molecule has 1 rings (SSSR count). The highest BCUT2D eigenvalue weighted by Crippen LogP contribution is 2.04. The van der Waals surface area contributed by atoms with Crippen LogP contribution in [0.2, 0.25) is 0 Å². The average molecular weight is 253 g/mol. The molecule has 0 amide bonds. The first-order valence-electron chi connectivity index (χ1n) is 6.58. The Hall–Kier alpha value is -1.36. The highest BCUT2D eigenvalue weighted by atomic mass is 16.2. The van der Waals surface area contributed by atoms with Crippen molar-refractivity contribution in [3.8, 4) is 0 Å². The minimum absolute atomic E-state index is 0.0241. The molecule has 18 heavy (non-hydrogen) atoms. The van der Waals surface area contributed by atoms with Gasteiger partial charge < -0.3 is 14.6 Å². The van der Waals surface area contributed by atoms with Crippen LogP contribution >= 0.6 is 0 Å². The van der Waals surface area contributed by atoms with Crippen LogP contribution in [0.4, 0.5) is 5.82 Å². The number of nitrogens with zero attached hydrogens (tertiary/aromatic N) is 3. The Bertz CT molecular complexity index is 403. The highest BCUT2D eigenvalue weighted by molar-refractivity contribution is 5.33. The summed E-state index contributed by atoms with van der Waals surface area (Å²) in [4.78, 5) is 18.2. The molecule has 1 heterocycles. The lowest BCUT2D eigenvalue weighted by Gasteiger charge is -2.18. The minimum Gasteiger partial charge on any atom is -0.396 e. The fourth-order valence-electron chi connectivity index (χ4n) is 1.86. The number of aliphatic hydroxyl groups is 1. The van der Waals surface area contributed by atoms with Gasteiger partial charge in [0.15, 0.2) is 5.82 Å². The Morgan fingerprint density at radius 2 is 2.17 bits per heavy atom. The molecule has 102 valence electrons. The molecule has 0 aliphatic heterocycles. The third-order valence-corrected chi connectivity index (χ3v) is 2.87. The van der Waals surface area contributed by atoms with Gasteiger partial charge in [-0.15, -0.1) is 0 Å². The second kappa shape index (κ2) is 7.87. The fraction of sp³-hybridized carbons (Fsp3) is 0.692. The normalized spacial score (nSPS) is 10.6. The lowest BCUT2D eigenvalue weighted by Crippen LogP contribution is -2.31. The molecule has 5 heteroatoms. The van der Waals surface area contributed by atoms with Crippen molar-refractivity contribution in [2.45, 2.75) is 39.2 Å². The molecule has 0 spiro atoms. The fourth-order valence-corrected chi connectivity index (χ4v) is 1.86. The molecule has 0 unspecified atom stereocenters. The van der Waals surface area contributed by atoms with E-state index in [1.54, 1.807) is 17.0 Å². The molecule has 0 aliphatic rings. The molecule has 0 atom stereocenters. The zero-order valence-corrected chi connectivity index (χ0v) is 11.3. The third-order valence-electron chi connectivity index (χ3n) is 2.87. The average Bonchev–Trinajstić information content (AvgIpc) is 2.37. The van der Waals surface area contributed by atoms with E-state index in [9.17, 15) is 4.79 Å². The van der Waals surface area contributed by atoms with Gasteiger partial charge in [0, 0.05) is 39.1 Å². The van der Waals surface area contributed by atoms with E-state index < -0.39 is 0 Å². The lowest BCUT2D eigenvalue weighted by molar-refractivity contribution is 0.283. The summed E-state index contributed by atoms with van der Waals surface area (Å²) < 4.78 is 1.70. The summed E-state index contributed by atoms with van der Waals surface area (Å²) in [6, 6.07) is 0. The van der Waals surface area contributed by atoms with E-state index >= 15 is 0 Å². The number of aromatic nitrogens is 2. The van der Waals surface area contributed by atoms with Crippen LogP contribution in [0.25, 0.3) is 0 Å². The van der Waals surface area contributed by atoms with Gasteiger partial charge in [-0.3, -0.25) is 4.79 Å². The number of anilines is 1. The topological polar surface area (TPSA) is 58.4 Å². The summed E-state index contributed by atoms with van der Waals surface area (Å²) in [6.45, 7) is 3.80. The van der Waals surface area contributed by atoms with E-state index in [-0.39, 0.29) is 12.2 Å². The first-order chi connectivity index (χ1) is 8.70. The van der Waals surface area contributed by atoms with E-state index in [4.69, 9.17) is 5.11 Å². The summed E-state index contributed by atoms with van der Waals surface area (Å²) in [7, 11) is 1.89. The number of hydrogen-bond donors (Lipinski definition) is 1. The Labute approximate surface area is 108 Å². The van der Waals surface area contributed by atoms with Gasteiger partial charge >= 0.3 is 0 Å². The number of unbranched alkanes of at least 4 members (excludes halogenated alkanes) is 2. The van der Waals surface area contributed by atoms with Crippen LogP contribution in [0.1, 0.15) is 32.6 Å². The van der Waals surface area contributed by atoms with Crippen LogP contribution in [0.3, 0.4) is 0 Å². The van der Waals surface area contributed by atoms with Gasteiger partial charge in [0.1, 0.15) is 0 Å². The standard InChI is InChI=1S/C13H23N3O2/c1-3-8-16-10-7-14-12(13(16)18)15(2)9-5-4-6-11-17/h7,10,17H,3-6,8-9,11H2,1-2H3. The minimum atomic E-state index is -0.0241. The van der Waals surface area contributed by atoms with Gasteiger partial charge in [-0.25, -0.2) is 4.98 Å². The maximum Gasteiger partial charge on any atom is 0.293 e. The van der Waals surface area contributed by atoms with Gasteiger partial charge in [-0.05, 0) is 25.7 Å². The van der Waals surface area contributed by atoms with Crippen LogP contribution < -0.4 is 10.5 Å². The molecule has 0 aromatic carbocycles. The predicted molar refractivity (Wildman–Crippen MR) is 73.0 cm³/mol. The molecule has 0 radical (unpaired) electrons. The van der Waals surface area contributed by atoms with Crippen molar-refractivity contribution in [2.75, 3.05) is 25.1 Å². The van der Waals surface area contributed by atoms with E-state index in [0.717, 1.165) is 38.8 Å². The smallest absolute Gasteiger partial charge is 0.293 e. The largest absolute Gasteiger partial charge is 0.396 e. The Morgan fingerprint density at radius 3 is 2.83 bits per heavy atom. The van der Waals surface area contributed by atoms with Gasteiger partial charge in [-0.1, -0.05) is 6.92 Å². The van der Waals surface area contributed by atoms with Crippen molar-refractivity contribution in [2.24, 2.45) is 0 Å². The number of aliphatic hydroxyl groups excluding tert-OH is 1.